The highest BCUT2D eigenvalue weighted by molar-refractivity contribution is 5.77. The van der Waals surface area contributed by atoms with Crippen LogP contribution < -0.4 is 5.73 Å². The highest BCUT2D eigenvalue weighted by atomic mass is 16.7. The van der Waals surface area contributed by atoms with Gasteiger partial charge in [0.05, 0.1) is 12.8 Å². The minimum atomic E-state index is -1.40. The van der Waals surface area contributed by atoms with Crippen LogP contribution in [0.5, 0.6) is 0 Å². The van der Waals surface area contributed by atoms with Gasteiger partial charge in [0, 0.05) is 12.8 Å². The summed E-state index contributed by atoms with van der Waals surface area (Å²) in [6, 6.07) is 2.50. The fraction of sp³-hybridized carbons (Fsp3) is 0.600. The molecule has 2 N–H and O–H groups in total. The van der Waals surface area contributed by atoms with Crippen LogP contribution in [0.15, 0.2) is 18.5 Å². The molecule has 218 valence electrons. The quantitative estimate of drug-likeness (QED) is 0.364. The average Bonchev–Trinajstić information content (AvgIpc) is 3.45. The normalized spacial score (nSPS) is 26.5. The molecule has 1 unspecified atom stereocenters. The van der Waals surface area contributed by atoms with Gasteiger partial charge in [-0.25, -0.2) is 14.3 Å². The Morgan fingerprint density at radius 2 is 1.93 bits per heavy atom. The SMILES string of the molecule is COC(=O)C([C@@H](C)OC(=O)OC[C@H]1O[C@@](C)(c2ccc3c(N)ncnn23)[C@@H]2OC(=O)CCCC(=O)O[C@@H]21)N(C)C. The minimum Gasteiger partial charge on any atom is -0.468 e. The van der Waals surface area contributed by atoms with Gasteiger partial charge in [0.1, 0.15) is 42.3 Å². The summed E-state index contributed by atoms with van der Waals surface area (Å²) in [5, 5.41) is 4.26. The molecule has 2 aliphatic rings. The molecular formula is C25H33N5O10. The fourth-order valence-corrected chi connectivity index (χ4v) is 5.07. The molecule has 0 bridgehead atoms. The molecule has 2 aromatic rings. The van der Waals surface area contributed by atoms with Gasteiger partial charge in [-0.3, -0.25) is 19.3 Å². The molecule has 40 heavy (non-hydrogen) atoms. The number of carbonyl (C=O) groups excluding carboxylic acids is 4. The molecule has 0 aromatic carbocycles. The van der Waals surface area contributed by atoms with Gasteiger partial charge in [-0.2, -0.15) is 5.10 Å². The predicted octanol–water partition coefficient (Wildman–Crippen LogP) is 0.578. The van der Waals surface area contributed by atoms with Crippen LogP contribution in [-0.2, 0) is 48.4 Å². The second-order valence-corrected chi connectivity index (χ2v) is 9.96. The van der Waals surface area contributed by atoms with Crippen molar-refractivity contribution >= 4 is 35.4 Å². The summed E-state index contributed by atoms with van der Waals surface area (Å²) in [4.78, 5) is 55.5. The Kier molecular flexibility index (Phi) is 8.44. The molecule has 15 heteroatoms. The zero-order valence-corrected chi connectivity index (χ0v) is 22.9. The van der Waals surface area contributed by atoms with Crippen molar-refractivity contribution < 1.29 is 47.6 Å². The molecule has 2 aliphatic heterocycles. The van der Waals surface area contributed by atoms with E-state index in [0.717, 1.165) is 0 Å². The van der Waals surface area contributed by atoms with E-state index < -0.39 is 66.7 Å². The highest BCUT2D eigenvalue weighted by Gasteiger charge is 2.59. The van der Waals surface area contributed by atoms with Crippen molar-refractivity contribution in [1.82, 2.24) is 19.5 Å². The lowest BCUT2D eigenvalue weighted by Crippen LogP contribution is -2.47. The maximum absolute atomic E-state index is 12.7. The van der Waals surface area contributed by atoms with E-state index in [9.17, 15) is 19.2 Å². The molecule has 0 aliphatic carbocycles. The lowest BCUT2D eigenvalue weighted by molar-refractivity contribution is -0.168. The second kappa shape index (κ2) is 11.6. The molecular weight excluding hydrogens is 530 g/mol. The van der Waals surface area contributed by atoms with Gasteiger partial charge in [0.15, 0.2) is 18.0 Å². The van der Waals surface area contributed by atoms with Gasteiger partial charge < -0.3 is 34.2 Å². The first-order chi connectivity index (χ1) is 19.0. The van der Waals surface area contributed by atoms with Crippen molar-refractivity contribution in [2.24, 2.45) is 0 Å². The predicted molar refractivity (Wildman–Crippen MR) is 135 cm³/mol. The summed E-state index contributed by atoms with van der Waals surface area (Å²) in [5.74, 6) is -1.46. The number of anilines is 1. The van der Waals surface area contributed by atoms with E-state index in [1.807, 2.05) is 0 Å². The topological polar surface area (TPSA) is 183 Å². The third-order valence-electron chi connectivity index (χ3n) is 6.97. The molecule has 15 nitrogen and oxygen atoms in total. The molecule has 0 amide bonds. The van der Waals surface area contributed by atoms with Crippen LogP contribution in [0.1, 0.15) is 38.8 Å². The zero-order chi connectivity index (χ0) is 29.2. The van der Waals surface area contributed by atoms with E-state index in [1.54, 1.807) is 38.1 Å². The van der Waals surface area contributed by atoms with Gasteiger partial charge in [-0.15, -0.1) is 0 Å². The molecule has 2 aromatic heterocycles. The standard InChI is InChI=1S/C25H33N5O10/c1-13(19(29(3)4)23(33)35-5)37-24(34)36-11-15-20-21(39-18(32)8-6-7-17(31)38-20)25(2,40-15)16-10-9-14-22(26)27-12-28-30(14)16/h9-10,12-13,15,19-21H,6-8,11H2,1-5H3,(H2,26,27,28)/t13-,15-,19?,20-,21-,25+/m1/s1. The number of rotatable bonds is 7. The zero-order valence-electron chi connectivity index (χ0n) is 22.9. The van der Waals surface area contributed by atoms with E-state index in [0.29, 0.717) is 11.2 Å². The smallest absolute Gasteiger partial charge is 0.468 e. The van der Waals surface area contributed by atoms with Crippen LogP contribution >= 0.6 is 0 Å². The number of ether oxygens (including phenoxy) is 6. The Bertz CT molecular complexity index is 1280. The number of fused-ring (bicyclic) bond motifs is 2. The first kappa shape index (κ1) is 29.0. The molecule has 4 heterocycles. The van der Waals surface area contributed by atoms with Crippen LogP contribution in [0.2, 0.25) is 0 Å². The number of aromatic nitrogens is 3. The lowest BCUT2D eigenvalue weighted by atomic mass is 9.92. The van der Waals surface area contributed by atoms with Crippen LogP contribution in [0, 0.1) is 0 Å². The summed E-state index contributed by atoms with van der Waals surface area (Å²) < 4.78 is 34.8. The molecule has 0 spiro atoms. The number of nitrogen functional groups attached to an aromatic ring is 1. The van der Waals surface area contributed by atoms with Crippen molar-refractivity contribution in [1.29, 1.82) is 0 Å². The molecule has 6 atom stereocenters. The Balaban J connectivity index is 1.60. The van der Waals surface area contributed by atoms with Crippen LogP contribution in [-0.4, -0.2) is 102 Å². The molecule has 4 rings (SSSR count). The van der Waals surface area contributed by atoms with E-state index in [-0.39, 0.29) is 25.1 Å². The fourth-order valence-electron chi connectivity index (χ4n) is 5.07. The molecule has 0 saturated carbocycles. The number of methoxy groups -OCH3 is 1. The maximum atomic E-state index is 12.7. The van der Waals surface area contributed by atoms with Crippen molar-refractivity contribution in [3.05, 3.63) is 24.2 Å². The Hall–Kier alpha value is -3.98. The third-order valence-corrected chi connectivity index (χ3v) is 6.97. The number of hydrogen-bond acceptors (Lipinski definition) is 14. The Labute approximate surface area is 229 Å². The number of carbonyl (C=O) groups is 4. The lowest BCUT2D eigenvalue weighted by Gasteiger charge is -2.30. The largest absolute Gasteiger partial charge is 0.508 e. The monoisotopic (exact) mass is 563 g/mol. The Morgan fingerprint density at radius 3 is 2.60 bits per heavy atom. The molecule has 2 saturated heterocycles. The van der Waals surface area contributed by atoms with Crippen LogP contribution in [0.4, 0.5) is 10.6 Å². The first-order valence-electron chi connectivity index (χ1n) is 12.7. The average molecular weight is 564 g/mol. The van der Waals surface area contributed by atoms with Crippen molar-refractivity contribution in [3.8, 4) is 0 Å². The summed E-state index contributed by atoms with van der Waals surface area (Å²) in [7, 11) is 4.50. The minimum absolute atomic E-state index is 0.000559. The summed E-state index contributed by atoms with van der Waals surface area (Å²) in [5.41, 5.74) is 5.53. The third kappa shape index (κ3) is 5.65. The molecule has 0 radical (unpaired) electrons. The number of likely N-dealkylation sites (N-methyl/N-ethyl adjacent to an activating group) is 1. The van der Waals surface area contributed by atoms with Gasteiger partial charge in [-0.05, 0) is 46.5 Å². The maximum Gasteiger partial charge on any atom is 0.508 e. The van der Waals surface area contributed by atoms with E-state index in [2.05, 4.69) is 10.1 Å². The Morgan fingerprint density at radius 1 is 1.23 bits per heavy atom. The van der Waals surface area contributed by atoms with E-state index >= 15 is 0 Å². The number of nitrogens with zero attached hydrogens (tertiary/aromatic N) is 4. The number of nitrogens with two attached hydrogens (primary N) is 1. The second-order valence-electron chi connectivity index (χ2n) is 9.96. The van der Waals surface area contributed by atoms with Crippen LogP contribution in [0.25, 0.3) is 5.52 Å². The van der Waals surface area contributed by atoms with Gasteiger partial charge >= 0.3 is 24.1 Å². The van der Waals surface area contributed by atoms with Crippen molar-refractivity contribution in [2.75, 3.05) is 33.5 Å². The molecule has 2 fully saturated rings. The van der Waals surface area contributed by atoms with Gasteiger partial charge in [-0.1, -0.05) is 0 Å². The summed E-state index contributed by atoms with van der Waals surface area (Å²) >= 11 is 0. The summed E-state index contributed by atoms with van der Waals surface area (Å²) in [6.45, 7) is 2.76. The van der Waals surface area contributed by atoms with Crippen LogP contribution in [0.3, 0.4) is 0 Å². The van der Waals surface area contributed by atoms with E-state index in [4.69, 9.17) is 34.2 Å². The first-order valence-corrected chi connectivity index (χ1v) is 12.7. The summed E-state index contributed by atoms with van der Waals surface area (Å²) in [6.07, 6.45) is -3.76. The highest BCUT2D eigenvalue weighted by Crippen LogP contribution is 2.44. The van der Waals surface area contributed by atoms with Gasteiger partial charge in [0.2, 0.25) is 0 Å². The van der Waals surface area contributed by atoms with Crippen molar-refractivity contribution in [3.63, 3.8) is 0 Å². The number of esters is 3. The van der Waals surface area contributed by atoms with Gasteiger partial charge in [0.25, 0.3) is 0 Å². The number of hydrogen-bond donors (Lipinski definition) is 1. The van der Waals surface area contributed by atoms with Crippen molar-refractivity contribution in [2.45, 2.75) is 69.2 Å². The van der Waals surface area contributed by atoms with E-state index in [1.165, 1.54) is 24.9 Å².